The van der Waals surface area contributed by atoms with Crippen LogP contribution in [0.2, 0.25) is 5.02 Å². The molecule has 6 rings (SSSR count). The number of para-hydroxylation sites is 3. The molecule has 6 nitrogen and oxygen atoms in total. The molecule has 0 radical (unpaired) electrons. The number of halogens is 1. The van der Waals surface area contributed by atoms with Gasteiger partial charge in [-0.3, -0.25) is 9.59 Å². The summed E-state index contributed by atoms with van der Waals surface area (Å²) in [7, 11) is 0. The Kier molecular flexibility index (Phi) is 7.05. The number of ketones is 1. The van der Waals surface area contributed by atoms with E-state index in [1.54, 1.807) is 0 Å². The molecule has 0 bridgehead atoms. The molecule has 1 amide bonds. The van der Waals surface area contributed by atoms with Crippen LogP contribution < -0.4 is 15.1 Å². The standard InChI is InChI=1S/C33H35ClN4O2/c1-33(2)20-27-31(29(39)21-33)32(23-12-14-24(34)15-13-23)38(28-11-7-6-10-26(28)35-27)22-30(40)37-18-16-36(17-19-37)25-8-4-3-5-9-25/h3-15,32,35H,16-22H2,1-2H3. The van der Waals surface area contributed by atoms with Gasteiger partial charge in [-0.2, -0.15) is 0 Å². The molecule has 206 valence electrons. The molecule has 7 heteroatoms. The fraction of sp³-hybridized carbons (Fsp3) is 0.333. The summed E-state index contributed by atoms with van der Waals surface area (Å²) in [5.41, 5.74) is 5.51. The fourth-order valence-corrected chi connectivity index (χ4v) is 6.44. The van der Waals surface area contributed by atoms with Gasteiger partial charge < -0.3 is 20.0 Å². The van der Waals surface area contributed by atoms with Crippen LogP contribution in [0.1, 0.15) is 38.3 Å². The molecule has 2 heterocycles. The SMILES string of the molecule is CC1(C)CC(=O)C2=C(C1)Nc1ccccc1N(CC(=O)N1CCN(c3ccccc3)CC1)C2c1ccc(Cl)cc1. The minimum Gasteiger partial charge on any atom is -0.368 e. The molecule has 0 spiro atoms. The van der Waals surface area contributed by atoms with E-state index in [0.29, 0.717) is 24.5 Å². The summed E-state index contributed by atoms with van der Waals surface area (Å²) in [6.07, 6.45) is 1.23. The van der Waals surface area contributed by atoms with Crippen molar-refractivity contribution in [3.63, 3.8) is 0 Å². The van der Waals surface area contributed by atoms with Gasteiger partial charge in [0.2, 0.25) is 5.91 Å². The summed E-state index contributed by atoms with van der Waals surface area (Å²) in [5.74, 6) is 0.189. The molecule has 3 aromatic rings. The number of hydrogen-bond acceptors (Lipinski definition) is 5. The van der Waals surface area contributed by atoms with Crippen molar-refractivity contribution in [3.05, 3.63) is 101 Å². The first-order valence-corrected chi connectivity index (χ1v) is 14.4. The van der Waals surface area contributed by atoms with Crippen molar-refractivity contribution < 1.29 is 9.59 Å². The van der Waals surface area contributed by atoms with Crippen LogP contribution in [0.5, 0.6) is 0 Å². The van der Waals surface area contributed by atoms with E-state index in [4.69, 9.17) is 11.6 Å². The van der Waals surface area contributed by atoms with E-state index in [-0.39, 0.29) is 23.7 Å². The first-order valence-electron chi connectivity index (χ1n) is 14.0. The van der Waals surface area contributed by atoms with E-state index < -0.39 is 6.04 Å². The van der Waals surface area contributed by atoms with Crippen molar-refractivity contribution in [2.75, 3.05) is 47.8 Å². The molecule has 3 aromatic carbocycles. The zero-order valence-corrected chi connectivity index (χ0v) is 23.8. The van der Waals surface area contributed by atoms with Gasteiger partial charge in [-0.25, -0.2) is 0 Å². The molecular weight excluding hydrogens is 520 g/mol. The summed E-state index contributed by atoms with van der Waals surface area (Å²) < 4.78 is 0. The minimum absolute atomic E-state index is 0.0640. The Morgan fingerprint density at radius 1 is 0.900 bits per heavy atom. The van der Waals surface area contributed by atoms with Gasteiger partial charge in [0.1, 0.15) is 0 Å². The van der Waals surface area contributed by atoms with Crippen LogP contribution in [-0.4, -0.2) is 49.3 Å². The number of Topliss-reactive ketones (excluding diaryl/α,β-unsaturated/α-hetero) is 1. The number of piperazine rings is 1. The first-order chi connectivity index (χ1) is 19.3. The molecule has 3 aliphatic rings. The Bertz CT molecular complexity index is 1440. The van der Waals surface area contributed by atoms with Crippen LogP contribution in [-0.2, 0) is 9.59 Å². The lowest BCUT2D eigenvalue weighted by atomic mass is 9.73. The molecule has 2 aliphatic heterocycles. The van der Waals surface area contributed by atoms with Crippen molar-refractivity contribution in [2.24, 2.45) is 5.41 Å². The first kappa shape index (κ1) is 26.5. The second-order valence-corrected chi connectivity index (χ2v) is 12.2. The maximum atomic E-state index is 13.9. The topological polar surface area (TPSA) is 55.9 Å². The average Bonchev–Trinajstić information content (AvgIpc) is 3.08. The van der Waals surface area contributed by atoms with Crippen LogP contribution in [0.3, 0.4) is 0 Å². The highest BCUT2D eigenvalue weighted by Gasteiger charge is 2.42. The molecule has 1 N–H and O–H groups in total. The largest absolute Gasteiger partial charge is 0.368 e. The third-order valence-corrected chi connectivity index (χ3v) is 8.50. The molecule has 40 heavy (non-hydrogen) atoms. The van der Waals surface area contributed by atoms with E-state index in [1.165, 1.54) is 5.69 Å². The van der Waals surface area contributed by atoms with Crippen molar-refractivity contribution in [3.8, 4) is 0 Å². The Morgan fingerprint density at radius 2 is 1.57 bits per heavy atom. The number of amides is 1. The number of rotatable bonds is 4. The lowest BCUT2D eigenvalue weighted by molar-refractivity contribution is -0.130. The number of benzene rings is 3. The average molecular weight is 555 g/mol. The number of hydrogen-bond donors (Lipinski definition) is 1. The highest BCUT2D eigenvalue weighted by atomic mass is 35.5. The summed E-state index contributed by atoms with van der Waals surface area (Å²) in [4.78, 5) is 34.2. The predicted octanol–water partition coefficient (Wildman–Crippen LogP) is 6.31. The third kappa shape index (κ3) is 5.20. The van der Waals surface area contributed by atoms with Crippen molar-refractivity contribution in [1.29, 1.82) is 0 Å². The highest BCUT2D eigenvalue weighted by molar-refractivity contribution is 6.30. The van der Waals surface area contributed by atoms with Crippen LogP contribution in [0.15, 0.2) is 90.1 Å². The van der Waals surface area contributed by atoms with E-state index in [0.717, 1.165) is 47.7 Å². The molecule has 0 saturated carbocycles. The molecule has 1 atom stereocenters. The lowest BCUT2D eigenvalue weighted by Crippen LogP contribution is -2.52. The quantitative estimate of drug-likeness (QED) is 0.410. The Hall–Kier alpha value is -3.77. The summed E-state index contributed by atoms with van der Waals surface area (Å²) in [6, 6.07) is 25.7. The van der Waals surface area contributed by atoms with Crippen LogP contribution in [0, 0.1) is 5.41 Å². The predicted molar refractivity (Wildman–Crippen MR) is 162 cm³/mol. The van der Waals surface area contributed by atoms with E-state index in [2.05, 4.69) is 41.1 Å². The molecule has 1 aliphatic carbocycles. The normalized spacial score (nSPS) is 20.4. The number of nitrogens with zero attached hydrogens (tertiary/aromatic N) is 3. The second-order valence-electron chi connectivity index (χ2n) is 11.8. The van der Waals surface area contributed by atoms with Crippen molar-refractivity contribution in [1.82, 2.24) is 4.90 Å². The van der Waals surface area contributed by atoms with Gasteiger partial charge >= 0.3 is 0 Å². The molecule has 1 unspecified atom stereocenters. The number of fused-ring (bicyclic) bond motifs is 1. The summed E-state index contributed by atoms with van der Waals surface area (Å²) >= 11 is 6.28. The Balaban J connectivity index is 1.35. The van der Waals surface area contributed by atoms with Gasteiger partial charge in [-0.05, 0) is 53.8 Å². The van der Waals surface area contributed by atoms with Gasteiger partial charge in [-0.15, -0.1) is 0 Å². The third-order valence-electron chi connectivity index (χ3n) is 8.25. The van der Waals surface area contributed by atoms with E-state index >= 15 is 0 Å². The molecular formula is C33H35ClN4O2. The number of allylic oxidation sites excluding steroid dienone is 1. The monoisotopic (exact) mass is 554 g/mol. The minimum atomic E-state index is -0.401. The van der Waals surface area contributed by atoms with Crippen LogP contribution in [0.4, 0.5) is 17.1 Å². The Labute approximate surface area is 241 Å². The lowest BCUT2D eigenvalue weighted by Gasteiger charge is -2.40. The van der Waals surface area contributed by atoms with Crippen LogP contribution in [0.25, 0.3) is 0 Å². The summed E-state index contributed by atoms with van der Waals surface area (Å²) in [5, 5.41) is 4.26. The zero-order valence-electron chi connectivity index (χ0n) is 23.1. The van der Waals surface area contributed by atoms with Gasteiger partial charge in [0.15, 0.2) is 5.78 Å². The van der Waals surface area contributed by atoms with Gasteiger partial charge in [0, 0.05) is 54.6 Å². The second kappa shape index (κ2) is 10.7. The summed E-state index contributed by atoms with van der Waals surface area (Å²) in [6.45, 7) is 7.35. The van der Waals surface area contributed by atoms with Gasteiger partial charge in [0.25, 0.3) is 0 Å². The van der Waals surface area contributed by atoms with Gasteiger partial charge in [0.05, 0.1) is 24.0 Å². The van der Waals surface area contributed by atoms with Crippen molar-refractivity contribution >= 4 is 40.4 Å². The molecule has 1 fully saturated rings. The van der Waals surface area contributed by atoms with Crippen molar-refractivity contribution in [2.45, 2.75) is 32.7 Å². The number of carbonyl (C=O) groups is 2. The zero-order chi connectivity index (χ0) is 27.9. The van der Waals surface area contributed by atoms with Gasteiger partial charge in [-0.1, -0.05) is 67.9 Å². The highest BCUT2D eigenvalue weighted by Crippen LogP contribution is 2.48. The number of nitrogens with one attached hydrogen (secondary N) is 1. The smallest absolute Gasteiger partial charge is 0.242 e. The fourth-order valence-electron chi connectivity index (χ4n) is 6.32. The maximum Gasteiger partial charge on any atom is 0.242 e. The van der Waals surface area contributed by atoms with E-state index in [1.807, 2.05) is 71.6 Å². The van der Waals surface area contributed by atoms with Crippen LogP contribution >= 0.6 is 11.6 Å². The number of carbonyl (C=O) groups excluding carboxylic acids is 2. The molecule has 0 aromatic heterocycles. The number of anilines is 3. The Morgan fingerprint density at radius 3 is 2.30 bits per heavy atom. The van der Waals surface area contributed by atoms with E-state index in [9.17, 15) is 9.59 Å². The maximum absolute atomic E-state index is 13.9. The molecule has 1 saturated heterocycles.